The van der Waals surface area contributed by atoms with Crippen LogP contribution in [0, 0.1) is 0 Å². The van der Waals surface area contributed by atoms with Crippen LogP contribution in [0.25, 0.3) is 88.1 Å². The van der Waals surface area contributed by atoms with Crippen LogP contribution in [-0.2, 0) is 0 Å². The summed E-state index contributed by atoms with van der Waals surface area (Å²) in [6, 6.07) is 48.6. The SMILES string of the molecule is c1cc2c3c(nccc3c1)-c1ccc(-n3c4ccccc4c4cc(-n5c6ccccc6c6ccccc65)ccc43)cc1-2. The third kappa shape index (κ3) is 2.77. The molecule has 194 valence electrons. The van der Waals surface area contributed by atoms with E-state index in [9.17, 15) is 0 Å². The van der Waals surface area contributed by atoms with Crippen molar-refractivity contribution >= 4 is 54.4 Å². The zero-order valence-electron chi connectivity index (χ0n) is 22.6. The Morgan fingerprint density at radius 2 is 1.00 bits per heavy atom. The average Bonchev–Trinajstić information content (AvgIpc) is 3.68. The second-order valence-corrected chi connectivity index (χ2v) is 11.2. The predicted octanol–water partition coefficient (Wildman–Crippen LogP) is 10.1. The zero-order valence-corrected chi connectivity index (χ0v) is 22.6. The smallest absolute Gasteiger partial charge is 0.0792 e. The molecule has 3 heteroatoms. The minimum Gasteiger partial charge on any atom is -0.309 e. The summed E-state index contributed by atoms with van der Waals surface area (Å²) in [6.45, 7) is 0. The molecule has 10 rings (SSSR count). The molecule has 3 aromatic heterocycles. The number of fused-ring (bicyclic) bond motifs is 9. The number of hydrogen-bond acceptors (Lipinski definition) is 1. The third-order valence-corrected chi connectivity index (χ3v) is 9.09. The molecule has 9 aromatic rings. The Hall–Kier alpha value is -5.67. The highest BCUT2D eigenvalue weighted by atomic mass is 15.0. The van der Waals surface area contributed by atoms with Crippen molar-refractivity contribution in [2.45, 2.75) is 0 Å². The number of pyridine rings is 1. The topological polar surface area (TPSA) is 22.8 Å². The number of hydrogen-bond donors (Lipinski definition) is 0. The second kappa shape index (κ2) is 7.96. The van der Waals surface area contributed by atoms with Gasteiger partial charge in [-0.05, 0) is 71.1 Å². The van der Waals surface area contributed by atoms with Crippen LogP contribution in [0.1, 0.15) is 0 Å². The van der Waals surface area contributed by atoms with Crippen molar-refractivity contribution in [1.29, 1.82) is 0 Å². The van der Waals surface area contributed by atoms with E-state index in [0.29, 0.717) is 0 Å². The molecule has 0 unspecified atom stereocenters. The maximum Gasteiger partial charge on any atom is 0.0792 e. The van der Waals surface area contributed by atoms with Crippen LogP contribution >= 0.6 is 0 Å². The summed E-state index contributed by atoms with van der Waals surface area (Å²) in [5.41, 5.74) is 12.0. The van der Waals surface area contributed by atoms with Crippen LogP contribution in [-0.4, -0.2) is 14.1 Å². The zero-order chi connectivity index (χ0) is 27.4. The van der Waals surface area contributed by atoms with Crippen molar-refractivity contribution in [3.63, 3.8) is 0 Å². The fourth-order valence-electron chi connectivity index (χ4n) is 7.34. The van der Waals surface area contributed by atoms with Gasteiger partial charge in [0.2, 0.25) is 0 Å². The number of nitrogens with zero attached hydrogens (tertiary/aromatic N) is 3. The normalized spacial score (nSPS) is 12.3. The fourth-order valence-corrected chi connectivity index (χ4v) is 7.34. The fraction of sp³-hybridized carbons (Fsp3) is 0. The van der Waals surface area contributed by atoms with Crippen molar-refractivity contribution in [1.82, 2.24) is 14.1 Å². The lowest BCUT2D eigenvalue weighted by molar-refractivity contribution is 1.17. The van der Waals surface area contributed by atoms with Crippen molar-refractivity contribution in [3.05, 3.63) is 140 Å². The third-order valence-electron chi connectivity index (χ3n) is 9.09. The summed E-state index contributed by atoms with van der Waals surface area (Å²) < 4.78 is 4.81. The van der Waals surface area contributed by atoms with Crippen LogP contribution in [0.15, 0.2) is 140 Å². The van der Waals surface area contributed by atoms with Gasteiger partial charge in [-0.3, -0.25) is 4.98 Å². The summed E-state index contributed by atoms with van der Waals surface area (Å²) in [5.74, 6) is 0. The molecule has 0 spiro atoms. The summed E-state index contributed by atoms with van der Waals surface area (Å²) >= 11 is 0. The van der Waals surface area contributed by atoms with Crippen molar-refractivity contribution < 1.29 is 0 Å². The van der Waals surface area contributed by atoms with E-state index in [-0.39, 0.29) is 0 Å². The number of rotatable bonds is 2. The molecule has 0 radical (unpaired) electrons. The Morgan fingerprint density at radius 1 is 0.405 bits per heavy atom. The summed E-state index contributed by atoms with van der Waals surface area (Å²) in [5, 5.41) is 7.55. The number of benzene rings is 6. The largest absolute Gasteiger partial charge is 0.309 e. The summed E-state index contributed by atoms with van der Waals surface area (Å²) in [4.78, 5) is 4.78. The van der Waals surface area contributed by atoms with Crippen molar-refractivity contribution in [3.8, 4) is 33.8 Å². The highest BCUT2D eigenvalue weighted by molar-refractivity contribution is 6.15. The molecule has 0 N–H and O–H groups in total. The minimum atomic E-state index is 1.09. The first-order valence-electron chi connectivity index (χ1n) is 14.4. The molecule has 6 aromatic carbocycles. The molecule has 0 atom stereocenters. The van der Waals surface area contributed by atoms with Crippen molar-refractivity contribution in [2.75, 3.05) is 0 Å². The average molecular weight is 534 g/mol. The Bertz CT molecular complexity index is 2520. The van der Waals surface area contributed by atoms with E-state index < -0.39 is 0 Å². The molecule has 3 heterocycles. The van der Waals surface area contributed by atoms with E-state index >= 15 is 0 Å². The minimum absolute atomic E-state index is 1.09. The van der Waals surface area contributed by atoms with Gasteiger partial charge in [0.15, 0.2) is 0 Å². The summed E-state index contributed by atoms with van der Waals surface area (Å²) in [7, 11) is 0. The van der Waals surface area contributed by atoms with Gasteiger partial charge in [0.25, 0.3) is 0 Å². The molecule has 1 aliphatic carbocycles. The van der Waals surface area contributed by atoms with Crippen LogP contribution in [0.2, 0.25) is 0 Å². The molecule has 42 heavy (non-hydrogen) atoms. The van der Waals surface area contributed by atoms with E-state index in [0.717, 1.165) is 11.4 Å². The van der Waals surface area contributed by atoms with E-state index in [2.05, 4.69) is 143 Å². The quantitative estimate of drug-likeness (QED) is 0.217. The summed E-state index contributed by atoms with van der Waals surface area (Å²) in [6.07, 6.45) is 1.92. The van der Waals surface area contributed by atoms with Crippen LogP contribution in [0.3, 0.4) is 0 Å². The van der Waals surface area contributed by atoms with E-state index in [1.807, 2.05) is 6.20 Å². The molecular weight excluding hydrogens is 510 g/mol. The molecule has 0 aliphatic heterocycles. The van der Waals surface area contributed by atoms with Gasteiger partial charge in [0.1, 0.15) is 0 Å². The number of para-hydroxylation sites is 3. The van der Waals surface area contributed by atoms with Gasteiger partial charge < -0.3 is 9.13 Å². The maximum absolute atomic E-state index is 4.78. The molecule has 3 nitrogen and oxygen atoms in total. The molecule has 0 saturated carbocycles. The lowest BCUT2D eigenvalue weighted by Crippen LogP contribution is -1.96. The van der Waals surface area contributed by atoms with Gasteiger partial charge in [0, 0.05) is 50.1 Å². The monoisotopic (exact) mass is 533 g/mol. The predicted molar refractivity (Wildman–Crippen MR) is 175 cm³/mol. The van der Waals surface area contributed by atoms with Crippen LogP contribution < -0.4 is 0 Å². The first kappa shape index (κ1) is 22.1. The highest BCUT2D eigenvalue weighted by Gasteiger charge is 2.24. The van der Waals surface area contributed by atoms with Crippen LogP contribution in [0.4, 0.5) is 0 Å². The van der Waals surface area contributed by atoms with Gasteiger partial charge in [0.05, 0.1) is 27.8 Å². The number of aromatic nitrogens is 3. The standard InChI is InChI=1S/C39H23N3/c1-4-13-34-27(9-1)28-10-2-5-14-35(28)41(34)26-17-19-37-33(23-26)29-11-3-6-15-36(29)42(37)25-16-18-31-32(22-25)30-12-7-8-24-20-21-40-39(31)38(24)30/h1-23H. The van der Waals surface area contributed by atoms with Gasteiger partial charge in [-0.1, -0.05) is 78.9 Å². The van der Waals surface area contributed by atoms with Gasteiger partial charge >= 0.3 is 0 Å². The molecule has 0 bridgehead atoms. The first-order chi connectivity index (χ1) is 20.8. The highest BCUT2D eigenvalue weighted by Crippen LogP contribution is 2.47. The van der Waals surface area contributed by atoms with E-state index in [1.165, 1.54) is 76.8 Å². The van der Waals surface area contributed by atoms with Gasteiger partial charge in [-0.2, -0.15) is 0 Å². The lowest BCUT2D eigenvalue weighted by Gasteiger charge is -2.12. The molecule has 0 saturated heterocycles. The van der Waals surface area contributed by atoms with Gasteiger partial charge in [-0.25, -0.2) is 0 Å². The Balaban J connectivity index is 1.24. The Labute approximate surface area is 241 Å². The van der Waals surface area contributed by atoms with E-state index in [1.54, 1.807) is 0 Å². The van der Waals surface area contributed by atoms with Gasteiger partial charge in [-0.15, -0.1) is 0 Å². The molecular formula is C39H23N3. The molecule has 0 fully saturated rings. The Kier molecular flexibility index (Phi) is 4.18. The van der Waals surface area contributed by atoms with Crippen molar-refractivity contribution in [2.24, 2.45) is 0 Å². The van der Waals surface area contributed by atoms with E-state index in [4.69, 9.17) is 4.98 Å². The van der Waals surface area contributed by atoms with Crippen LogP contribution in [0.5, 0.6) is 0 Å². The Morgan fingerprint density at radius 3 is 1.71 bits per heavy atom. The second-order valence-electron chi connectivity index (χ2n) is 11.2. The molecule has 0 amide bonds. The first-order valence-corrected chi connectivity index (χ1v) is 14.4. The molecule has 1 aliphatic rings. The lowest BCUT2D eigenvalue weighted by atomic mass is 10.0. The maximum atomic E-state index is 4.78.